The second kappa shape index (κ2) is 7.25. The Kier molecular flexibility index (Phi) is 4.83. The monoisotopic (exact) mass is 372 g/mol. The fourth-order valence-electron chi connectivity index (χ4n) is 4.12. The SMILES string of the molecule is O=C(CN1CC2C[C@H](Oc3ccccc3Cl)C[C@H]2C1)c1ccc(O)cn1. The lowest BCUT2D eigenvalue weighted by molar-refractivity contribution is 0.0932. The summed E-state index contributed by atoms with van der Waals surface area (Å²) in [6, 6.07) is 10.7. The second-order valence-electron chi connectivity index (χ2n) is 7.18. The van der Waals surface area contributed by atoms with Gasteiger partial charge in [-0.05, 0) is 48.9 Å². The summed E-state index contributed by atoms with van der Waals surface area (Å²) in [5.74, 6) is 1.94. The molecule has 26 heavy (non-hydrogen) atoms. The van der Waals surface area contributed by atoms with Crippen LogP contribution in [0.5, 0.6) is 11.5 Å². The third-order valence-corrected chi connectivity index (χ3v) is 5.63. The number of carbonyl (C=O) groups is 1. The summed E-state index contributed by atoms with van der Waals surface area (Å²) in [4.78, 5) is 18.6. The highest BCUT2D eigenvalue weighted by atomic mass is 35.5. The van der Waals surface area contributed by atoms with Crippen LogP contribution in [0.2, 0.25) is 5.02 Å². The van der Waals surface area contributed by atoms with E-state index in [4.69, 9.17) is 16.3 Å². The lowest BCUT2D eigenvalue weighted by atomic mass is 10.0. The van der Waals surface area contributed by atoms with Gasteiger partial charge < -0.3 is 9.84 Å². The molecule has 4 rings (SSSR count). The fourth-order valence-corrected chi connectivity index (χ4v) is 4.30. The summed E-state index contributed by atoms with van der Waals surface area (Å²) in [5, 5.41) is 9.93. The van der Waals surface area contributed by atoms with Gasteiger partial charge in [-0.25, -0.2) is 4.98 Å². The number of likely N-dealkylation sites (tertiary alicyclic amines) is 1. The molecule has 2 fully saturated rings. The highest BCUT2D eigenvalue weighted by Crippen LogP contribution is 2.40. The molecule has 5 nitrogen and oxygen atoms in total. The van der Waals surface area contributed by atoms with Crippen molar-refractivity contribution in [3.63, 3.8) is 0 Å². The van der Waals surface area contributed by atoms with Crippen LogP contribution in [0.15, 0.2) is 42.6 Å². The predicted molar refractivity (Wildman–Crippen MR) is 98.8 cm³/mol. The minimum atomic E-state index is -0.00570. The molecule has 1 aromatic heterocycles. The first-order valence-electron chi connectivity index (χ1n) is 8.90. The number of aromatic hydroxyl groups is 1. The predicted octanol–water partition coefficient (Wildman–Crippen LogP) is 3.41. The van der Waals surface area contributed by atoms with Gasteiger partial charge in [-0.15, -0.1) is 0 Å². The van der Waals surface area contributed by atoms with Crippen LogP contribution in [0.1, 0.15) is 23.3 Å². The summed E-state index contributed by atoms with van der Waals surface area (Å²) in [6.07, 6.45) is 3.50. The molecule has 0 amide bonds. The molecule has 2 heterocycles. The Morgan fingerprint density at radius 2 is 1.92 bits per heavy atom. The molecular weight excluding hydrogens is 352 g/mol. The molecule has 3 atom stereocenters. The third kappa shape index (κ3) is 3.69. The average molecular weight is 373 g/mol. The van der Waals surface area contributed by atoms with Crippen LogP contribution in [0.25, 0.3) is 0 Å². The van der Waals surface area contributed by atoms with E-state index in [2.05, 4.69) is 9.88 Å². The number of hydrogen-bond acceptors (Lipinski definition) is 5. The van der Waals surface area contributed by atoms with Gasteiger partial charge in [0, 0.05) is 13.1 Å². The number of benzene rings is 1. The molecule has 1 aromatic carbocycles. The normalized spacial score (nSPS) is 25.2. The number of fused-ring (bicyclic) bond motifs is 1. The van der Waals surface area contributed by atoms with Crippen LogP contribution >= 0.6 is 11.6 Å². The Balaban J connectivity index is 1.30. The van der Waals surface area contributed by atoms with Crippen molar-refractivity contribution < 1.29 is 14.6 Å². The van der Waals surface area contributed by atoms with Gasteiger partial charge in [-0.1, -0.05) is 23.7 Å². The van der Waals surface area contributed by atoms with Crippen molar-refractivity contribution in [2.45, 2.75) is 18.9 Å². The first-order valence-corrected chi connectivity index (χ1v) is 9.28. The van der Waals surface area contributed by atoms with Crippen LogP contribution < -0.4 is 4.74 Å². The van der Waals surface area contributed by atoms with Gasteiger partial charge in [0.2, 0.25) is 0 Å². The van der Waals surface area contributed by atoms with Gasteiger partial charge in [0.15, 0.2) is 5.78 Å². The molecule has 2 aliphatic rings. The molecule has 1 saturated heterocycles. The second-order valence-corrected chi connectivity index (χ2v) is 7.59. The van der Waals surface area contributed by atoms with E-state index in [1.165, 1.54) is 12.3 Å². The number of pyridine rings is 1. The van der Waals surface area contributed by atoms with Gasteiger partial charge in [0.1, 0.15) is 17.2 Å². The number of ether oxygens (including phenoxy) is 1. The number of halogens is 1. The first-order chi connectivity index (χ1) is 12.6. The molecule has 6 heteroatoms. The van der Waals surface area contributed by atoms with Crippen molar-refractivity contribution in [1.29, 1.82) is 0 Å². The maximum Gasteiger partial charge on any atom is 0.195 e. The van der Waals surface area contributed by atoms with E-state index in [0.717, 1.165) is 31.7 Å². The minimum Gasteiger partial charge on any atom is -0.506 e. The number of rotatable bonds is 5. The van der Waals surface area contributed by atoms with E-state index in [-0.39, 0.29) is 17.6 Å². The molecule has 136 valence electrons. The van der Waals surface area contributed by atoms with E-state index in [1.807, 2.05) is 24.3 Å². The van der Waals surface area contributed by atoms with E-state index in [0.29, 0.717) is 29.1 Å². The summed E-state index contributed by atoms with van der Waals surface area (Å²) in [7, 11) is 0. The zero-order valence-corrected chi connectivity index (χ0v) is 15.1. The lowest BCUT2D eigenvalue weighted by Gasteiger charge is -2.19. The molecule has 0 spiro atoms. The van der Waals surface area contributed by atoms with Gasteiger partial charge >= 0.3 is 0 Å². The number of para-hydroxylation sites is 1. The molecular formula is C20H21ClN2O3. The fraction of sp³-hybridized carbons (Fsp3) is 0.400. The van der Waals surface area contributed by atoms with Crippen molar-refractivity contribution in [3.05, 3.63) is 53.3 Å². The Morgan fingerprint density at radius 1 is 1.19 bits per heavy atom. The minimum absolute atomic E-state index is 0.00570. The number of hydrogen-bond donors (Lipinski definition) is 1. The summed E-state index contributed by atoms with van der Waals surface area (Å²) < 4.78 is 6.09. The Morgan fingerprint density at radius 3 is 2.58 bits per heavy atom. The molecule has 2 aromatic rings. The number of carbonyl (C=O) groups excluding carboxylic acids is 1. The molecule has 1 unspecified atom stereocenters. The molecule has 0 bridgehead atoms. The number of nitrogens with zero attached hydrogens (tertiary/aromatic N) is 2. The van der Waals surface area contributed by atoms with E-state index in [9.17, 15) is 9.90 Å². The smallest absolute Gasteiger partial charge is 0.195 e. The Bertz CT molecular complexity index is 782. The van der Waals surface area contributed by atoms with Gasteiger partial charge in [-0.3, -0.25) is 9.69 Å². The van der Waals surface area contributed by atoms with Crippen LogP contribution in [-0.4, -0.2) is 46.5 Å². The quantitative estimate of drug-likeness (QED) is 0.815. The van der Waals surface area contributed by atoms with E-state index >= 15 is 0 Å². The summed E-state index contributed by atoms with van der Waals surface area (Å²) >= 11 is 6.18. The van der Waals surface area contributed by atoms with Crippen molar-refractivity contribution in [2.24, 2.45) is 11.8 Å². The van der Waals surface area contributed by atoms with Crippen molar-refractivity contribution in [2.75, 3.05) is 19.6 Å². The zero-order chi connectivity index (χ0) is 18.1. The standard InChI is InChI=1S/C20H21ClN2O3/c21-17-3-1-2-4-20(17)26-16-7-13-10-23(11-14(13)8-16)12-19(25)18-6-5-15(24)9-22-18/h1-6,9,13-14,16,24H,7-8,10-12H2/t13-,14?,16+/m0/s1. The number of aromatic nitrogens is 1. The Hall–Kier alpha value is -2.11. The van der Waals surface area contributed by atoms with Crippen LogP contribution in [-0.2, 0) is 0 Å². The summed E-state index contributed by atoms with van der Waals surface area (Å²) in [5.41, 5.74) is 0.403. The van der Waals surface area contributed by atoms with Gasteiger partial charge in [0.05, 0.1) is 23.9 Å². The molecule has 0 radical (unpaired) electrons. The zero-order valence-electron chi connectivity index (χ0n) is 14.3. The van der Waals surface area contributed by atoms with E-state index in [1.54, 1.807) is 6.07 Å². The number of ketones is 1. The van der Waals surface area contributed by atoms with Gasteiger partial charge in [-0.2, -0.15) is 0 Å². The largest absolute Gasteiger partial charge is 0.506 e. The maximum atomic E-state index is 12.3. The maximum absolute atomic E-state index is 12.3. The molecule has 1 aliphatic heterocycles. The van der Waals surface area contributed by atoms with Crippen molar-refractivity contribution in [3.8, 4) is 11.5 Å². The highest BCUT2D eigenvalue weighted by molar-refractivity contribution is 6.32. The Labute approximate surface area is 157 Å². The topological polar surface area (TPSA) is 62.7 Å². The highest BCUT2D eigenvalue weighted by Gasteiger charge is 2.42. The van der Waals surface area contributed by atoms with E-state index < -0.39 is 0 Å². The first kappa shape index (κ1) is 17.3. The molecule has 1 saturated carbocycles. The van der Waals surface area contributed by atoms with Crippen LogP contribution in [0.3, 0.4) is 0 Å². The van der Waals surface area contributed by atoms with Crippen LogP contribution in [0.4, 0.5) is 0 Å². The van der Waals surface area contributed by atoms with Crippen LogP contribution in [0, 0.1) is 11.8 Å². The lowest BCUT2D eigenvalue weighted by Crippen LogP contribution is -2.30. The van der Waals surface area contributed by atoms with Crippen molar-refractivity contribution >= 4 is 17.4 Å². The number of Topliss-reactive ketones (excluding diaryl/α,β-unsaturated/α-hetero) is 1. The molecule has 1 N–H and O–H groups in total. The van der Waals surface area contributed by atoms with Gasteiger partial charge in [0.25, 0.3) is 0 Å². The molecule has 1 aliphatic carbocycles. The third-order valence-electron chi connectivity index (χ3n) is 5.31. The summed E-state index contributed by atoms with van der Waals surface area (Å²) in [6.45, 7) is 2.20. The average Bonchev–Trinajstić information content (AvgIpc) is 3.15. The van der Waals surface area contributed by atoms with Crippen molar-refractivity contribution in [1.82, 2.24) is 9.88 Å².